The van der Waals surface area contributed by atoms with E-state index in [1.807, 2.05) is 36.4 Å². The maximum atomic E-state index is 13.0. The molecule has 9 heteroatoms. The average Bonchev–Trinajstić information content (AvgIpc) is 3.71. The zero-order valence-corrected chi connectivity index (χ0v) is 26.7. The van der Waals surface area contributed by atoms with Gasteiger partial charge in [-0.1, -0.05) is 42.8 Å². The van der Waals surface area contributed by atoms with E-state index in [1.165, 1.54) is 30.5 Å². The van der Waals surface area contributed by atoms with Gasteiger partial charge >= 0.3 is 6.18 Å². The van der Waals surface area contributed by atoms with Gasteiger partial charge in [-0.2, -0.15) is 13.2 Å². The number of methoxy groups -OCH3 is 1. The molecule has 3 aromatic carbocycles. The molecule has 1 aliphatic carbocycles. The summed E-state index contributed by atoms with van der Waals surface area (Å²) in [6.45, 7) is 3.27. The molecule has 1 saturated heterocycles. The highest BCUT2D eigenvalue weighted by Gasteiger charge is 2.32. The third-order valence-corrected chi connectivity index (χ3v) is 9.14. The molecule has 3 unspecified atom stereocenters. The molecular weight excluding hydrogens is 593 g/mol. The van der Waals surface area contributed by atoms with Crippen molar-refractivity contribution in [1.82, 2.24) is 10.2 Å². The number of nitrogens with zero attached hydrogens (tertiary/aromatic N) is 1. The van der Waals surface area contributed by atoms with E-state index in [-0.39, 0.29) is 18.1 Å². The number of benzene rings is 3. The molecule has 46 heavy (non-hydrogen) atoms. The molecule has 0 bridgehead atoms. The number of hydrogen-bond acceptors (Lipinski definition) is 6. The first kappa shape index (κ1) is 34.1. The summed E-state index contributed by atoms with van der Waals surface area (Å²) in [5.74, 6) is 2.25. The van der Waals surface area contributed by atoms with Gasteiger partial charge in [0.05, 0.1) is 18.8 Å². The third-order valence-electron chi connectivity index (χ3n) is 9.14. The average molecular weight is 641 g/mol. The summed E-state index contributed by atoms with van der Waals surface area (Å²) in [6, 6.07) is 20.8. The molecule has 0 spiro atoms. The maximum Gasteiger partial charge on any atom is 0.416 e. The molecule has 2 fully saturated rings. The highest BCUT2D eigenvalue weighted by molar-refractivity contribution is 5.44. The molecule has 6 nitrogen and oxygen atoms in total. The topological polar surface area (TPSA) is 63.2 Å². The largest absolute Gasteiger partial charge is 0.493 e. The molecule has 250 valence electrons. The first-order valence-electron chi connectivity index (χ1n) is 16.7. The molecule has 5 rings (SSSR count). The van der Waals surface area contributed by atoms with Crippen LogP contribution in [0.15, 0.2) is 72.8 Å². The number of likely N-dealkylation sites (tertiary alicyclic amines) is 1. The SMILES string of the molecule is COc1ccc(C2CC(O)N(CCCCCNCCC(Oc3ccc(C(F)(F)F)cc3)c3ccccc3)C2)cc1OC1CCCC1. The van der Waals surface area contributed by atoms with Crippen molar-refractivity contribution in [1.29, 1.82) is 0 Å². The predicted octanol–water partition coefficient (Wildman–Crippen LogP) is 8.11. The molecule has 1 saturated carbocycles. The van der Waals surface area contributed by atoms with Crippen LogP contribution in [0.5, 0.6) is 17.2 Å². The van der Waals surface area contributed by atoms with Crippen LogP contribution >= 0.6 is 0 Å². The lowest BCUT2D eigenvalue weighted by atomic mass is 9.97. The van der Waals surface area contributed by atoms with E-state index in [4.69, 9.17) is 14.2 Å². The Hall–Kier alpha value is -3.27. The van der Waals surface area contributed by atoms with Crippen LogP contribution in [0.4, 0.5) is 13.2 Å². The lowest BCUT2D eigenvalue weighted by molar-refractivity contribution is -0.137. The minimum absolute atomic E-state index is 0.260. The molecule has 0 amide bonds. The van der Waals surface area contributed by atoms with Crippen LogP contribution in [-0.4, -0.2) is 55.6 Å². The van der Waals surface area contributed by atoms with Crippen molar-refractivity contribution >= 4 is 0 Å². The number of ether oxygens (including phenoxy) is 3. The number of nitrogens with one attached hydrogen (secondary N) is 1. The van der Waals surface area contributed by atoms with Crippen molar-refractivity contribution in [3.8, 4) is 17.2 Å². The first-order valence-corrected chi connectivity index (χ1v) is 16.7. The number of aliphatic hydroxyl groups is 1. The second-order valence-corrected chi connectivity index (χ2v) is 12.5. The van der Waals surface area contributed by atoms with Crippen molar-refractivity contribution in [2.75, 3.05) is 33.3 Å². The number of unbranched alkanes of at least 4 members (excludes halogenated alkanes) is 2. The first-order chi connectivity index (χ1) is 22.3. The highest BCUT2D eigenvalue weighted by Crippen LogP contribution is 2.38. The summed E-state index contributed by atoms with van der Waals surface area (Å²) >= 11 is 0. The molecule has 3 aromatic rings. The van der Waals surface area contributed by atoms with Gasteiger partial charge in [-0.3, -0.25) is 4.90 Å². The van der Waals surface area contributed by atoms with E-state index >= 15 is 0 Å². The Bertz CT molecular complexity index is 1330. The van der Waals surface area contributed by atoms with Gasteiger partial charge in [0.15, 0.2) is 11.5 Å². The van der Waals surface area contributed by atoms with Crippen molar-refractivity contribution in [3.05, 3.63) is 89.5 Å². The summed E-state index contributed by atoms with van der Waals surface area (Å²) in [5, 5.41) is 14.3. The van der Waals surface area contributed by atoms with E-state index in [2.05, 4.69) is 22.3 Å². The van der Waals surface area contributed by atoms with Gasteiger partial charge in [-0.05, 0) is 106 Å². The summed E-state index contributed by atoms with van der Waals surface area (Å²) in [7, 11) is 1.68. The van der Waals surface area contributed by atoms with E-state index < -0.39 is 18.0 Å². The van der Waals surface area contributed by atoms with Crippen LogP contribution < -0.4 is 19.5 Å². The molecular formula is C37H47F3N2O4. The quantitative estimate of drug-likeness (QED) is 0.154. The predicted molar refractivity (Wildman–Crippen MR) is 173 cm³/mol. The molecule has 2 N–H and O–H groups in total. The fraction of sp³-hybridized carbons (Fsp3) is 0.514. The van der Waals surface area contributed by atoms with Crippen molar-refractivity contribution in [2.24, 2.45) is 0 Å². The summed E-state index contributed by atoms with van der Waals surface area (Å²) < 4.78 is 56.8. The maximum absolute atomic E-state index is 13.0. The zero-order valence-electron chi connectivity index (χ0n) is 26.7. The number of alkyl halides is 3. The monoisotopic (exact) mass is 640 g/mol. The Morgan fingerprint density at radius 1 is 0.913 bits per heavy atom. The fourth-order valence-corrected chi connectivity index (χ4v) is 6.54. The number of halogens is 3. The number of hydrogen-bond donors (Lipinski definition) is 2. The fourth-order valence-electron chi connectivity index (χ4n) is 6.54. The lowest BCUT2D eigenvalue weighted by Gasteiger charge is -2.21. The van der Waals surface area contributed by atoms with Gasteiger partial charge in [-0.25, -0.2) is 0 Å². The number of aliphatic hydroxyl groups excluding tert-OH is 1. The Morgan fingerprint density at radius 3 is 2.39 bits per heavy atom. The highest BCUT2D eigenvalue weighted by atomic mass is 19.4. The molecule has 3 atom stereocenters. The second kappa shape index (κ2) is 16.5. The second-order valence-electron chi connectivity index (χ2n) is 12.5. The van der Waals surface area contributed by atoms with Crippen molar-refractivity contribution in [2.45, 2.75) is 88.3 Å². The van der Waals surface area contributed by atoms with Gasteiger partial charge in [0.2, 0.25) is 0 Å². The standard InChI is InChI=1S/C37H47F3N2O4/c1-44-34-19-14-28(24-35(34)46-31-12-6-7-13-31)29-25-36(43)42(26-29)23-9-3-8-21-41-22-20-33(27-10-4-2-5-11-27)45-32-17-15-30(16-18-32)37(38,39)40/h2,4-5,10-11,14-19,24,29,31,33,36,41,43H,3,6-9,12-13,20-23,25-26H2,1H3. The van der Waals surface area contributed by atoms with Gasteiger partial charge < -0.3 is 24.6 Å². The van der Waals surface area contributed by atoms with E-state index in [9.17, 15) is 18.3 Å². The van der Waals surface area contributed by atoms with E-state index in [1.54, 1.807) is 7.11 Å². The minimum Gasteiger partial charge on any atom is -0.493 e. The van der Waals surface area contributed by atoms with Gasteiger partial charge in [-0.15, -0.1) is 0 Å². The summed E-state index contributed by atoms with van der Waals surface area (Å²) in [5.41, 5.74) is 1.49. The summed E-state index contributed by atoms with van der Waals surface area (Å²) in [6.07, 6.45) is 4.26. The van der Waals surface area contributed by atoms with Gasteiger partial charge in [0, 0.05) is 25.4 Å². The van der Waals surface area contributed by atoms with Crippen LogP contribution in [0.1, 0.15) is 86.5 Å². The Balaban J connectivity index is 1.02. The minimum atomic E-state index is -4.37. The normalized spacial score (nSPS) is 19.8. The van der Waals surface area contributed by atoms with E-state index in [0.717, 1.165) is 87.5 Å². The zero-order chi connectivity index (χ0) is 32.4. The lowest BCUT2D eigenvalue weighted by Crippen LogP contribution is -2.30. The van der Waals surface area contributed by atoms with Gasteiger partial charge in [0.25, 0.3) is 0 Å². The Labute approximate surface area is 270 Å². The smallest absolute Gasteiger partial charge is 0.416 e. The van der Waals surface area contributed by atoms with Crippen LogP contribution in [0.2, 0.25) is 0 Å². The Kier molecular flexibility index (Phi) is 12.2. The summed E-state index contributed by atoms with van der Waals surface area (Å²) in [4.78, 5) is 2.18. The molecule has 1 heterocycles. The molecule has 1 aliphatic heterocycles. The van der Waals surface area contributed by atoms with Crippen LogP contribution in [0.25, 0.3) is 0 Å². The molecule has 0 radical (unpaired) electrons. The molecule has 2 aliphatic rings. The van der Waals surface area contributed by atoms with Gasteiger partial charge in [0.1, 0.15) is 18.1 Å². The van der Waals surface area contributed by atoms with Crippen molar-refractivity contribution in [3.63, 3.8) is 0 Å². The van der Waals surface area contributed by atoms with Crippen LogP contribution in [-0.2, 0) is 6.18 Å². The Morgan fingerprint density at radius 2 is 1.67 bits per heavy atom. The molecule has 0 aromatic heterocycles. The van der Waals surface area contributed by atoms with Crippen molar-refractivity contribution < 1.29 is 32.5 Å². The van der Waals surface area contributed by atoms with E-state index in [0.29, 0.717) is 18.6 Å². The van der Waals surface area contributed by atoms with Crippen LogP contribution in [0, 0.1) is 0 Å². The third kappa shape index (κ3) is 9.62. The number of rotatable bonds is 16. The van der Waals surface area contributed by atoms with Crippen LogP contribution in [0.3, 0.4) is 0 Å².